The van der Waals surface area contributed by atoms with E-state index < -0.39 is 0 Å². The lowest BCUT2D eigenvalue weighted by Gasteiger charge is -2.28. The van der Waals surface area contributed by atoms with E-state index in [1.165, 1.54) is 43.6 Å². The summed E-state index contributed by atoms with van der Waals surface area (Å²) in [6, 6.07) is 21.9. The van der Waals surface area contributed by atoms with E-state index in [2.05, 4.69) is 70.9 Å². The molecule has 1 fully saturated rings. The zero-order valence-electron chi connectivity index (χ0n) is 13.2. The third-order valence-electron chi connectivity index (χ3n) is 4.58. The number of nitrogens with zero attached hydrogens (tertiary/aromatic N) is 1. The molecule has 0 atom stereocenters. The van der Waals surface area contributed by atoms with Gasteiger partial charge in [0, 0.05) is 32.1 Å². The molecule has 2 aromatic rings. The first kappa shape index (κ1) is 15.3. The van der Waals surface area contributed by atoms with Gasteiger partial charge in [0.25, 0.3) is 0 Å². The molecule has 22 heavy (non-hydrogen) atoms. The fraction of sp³-hybridized carbons (Fsp3) is 0.400. The van der Waals surface area contributed by atoms with Crippen molar-refractivity contribution in [3.05, 3.63) is 71.8 Å². The van der Waals surface area contributed by atoms with Gasteiger partial charge >= 0.3 is 0 Å². The minimum atomic E-state index is 0.519. The van der Waals surface area contributed by atoms with Gasteiger partial charge in [-0.25, -0.2) is 0 Å². The lowest BCUT2D eigenvalue weighted by Crippen LogP contribution is -2.43. The molecule has 1 aliphatic rings. The van der Waals surface area contributed by atoms with Gasteiger partial charge in [-0.2, -0.15) is 0 Å². The van der Waals surface area contributed by atoms with Crippen LogP contribution in [-0.4, -0.2) is 37.6 Å². The Balaban J connectivity index is 1.64. The predicted molar refractivity (Wildman–Crippen MR) is 93.3 cm³/mol. The second-order valence-corrected chi connectivity index (χ2v) is 6.11. The second kappa shape index (κ2) is 8.11. The minimum Gasteiger partial charge on any atom is -0.314 e. The van der Waals surface area contributed by atoms with Gasteiger partial charge in [0.1, 0.15) is 0 Å². The summed E-state index contributed by atoms with van der Waals surface area (Å²) >= 11 is 0. The molecule has 0 unspecified atom stereocenters. The third-order valence-corrected chi connectivity index (χ3v) is 4.58. The van der Waals surface area contributed by atoms with Gasteiger partial charge in [-0.05, 0) is 30.5 Å². The molecular weight excluding hydrogens is 268 g/mol. The first-order valence-corrected chi connectivity index (χ1v) is 8.46. The Morgan fingerprint density at radius 3 is 1.91 bits per heavy atom. The first-order chi connectivity index (χ1) is 10.9. The lowest BCUT2D eigenvalue weighted by atomic mass is 9.87. The maximum atomic E-state index is 3.42. The van der Waals surface area contributed by atoms with Crippen LogP contribution in [0.4, 0.5) is 0 Å². The summed E-state index contributed by atoms with van der Waals surface area (Å²) in [5.74, 6) is 0.519. The standard InChI is InChI=1S/C20H26N2/c1-3-8-18(9-4-1)20(19-10-5-2-6-11-19)12-7-15-22-16-13-21-14-17-22/h1-6,8-11,20-21H,7,12-17H2. The van der Waals surface area contributed by atoms with Crippen LogP contribution in [0.15, 0.2) is 60.7 Å². The Morgan fingerprint density at radius 1 is 0.818 bits per heavy atom. The zero-order chi connectivity index (χ0) is 15.0. The van der Waals surface area contributed by atoms with Crippen LogP contribution in [0, 0.1) is 0 Å². The van der Waals surface area contributed by atoms with E-state index in [1.807, 2.05) is 0 Å². The molecule has 2 heteroatoms. The van der Waals surface area contributed by atoms with Gasteiger partial charge in [0.2, 0.25) is 0 Å². The fourth-order valence-corrected chi connectivity index (χ4v) is 3.35. The molecule has 1 N–H and O–H groups in total. The Bertz CT molecular complexity index is 493. The monoisotopic (exact) mass is 294 g/mol. The van der Waals surface area contributed by atoms with Crippen molar-refractivity contribution in [2.24, 2.45) is 0 Å². The molecule has 0 saturated carbocycles. The normalized spacial score (nSPS) is 16.0. The Morgan fingerprint density at radius 2 is 1.36 bits per heavy atom. The molecule has 1 heterocycles. The topological polar surface area (TPSA) is 15.3 Å². The number of hydrogen-bond acceptors (Lipinski definition) is 2. The molecular formula is C20H26N2. The molecule has 116 valence electrons. The van der Waals surface area contributed by atoms with Gasteiger partial charge in [0.05, 0.1) is 0 Å². The van der Waals surface area contributed by atoms with Crippen LogP contribution in [0.3, 0.4) is 0 Å². The molecule has 0 radical (unpaired) electrons. The molecule has 0 aliphatic carbocycles. The Hall–Kier alpha value is -1.64. The van der Waals surface area contributed by atoms with Crippen molar-refractivity contribution in [1.29, 1.82) is 0 Å². The van der Waals surface area contributed by atoms with Crippen molar-refractivity contribution < 1.29 is 0 Å². The predicted octanol–water partition coefficient (Wildman–Crippen LogP) is 3.50. The highest BCUT2D eigenvalue weighted by Crippen LogP contribution is 2.29. The van der Waals surface area contributed by atoms with E-state index in [1.54, 1.807) is 0 Å². The molecule has 0 bridgehead atoms. The van der Waals surface area contributed by atoms with E-state index >= 15 is 0 Å². The van der Waals surface area contributed by atoms with Gasteiger partial charge in [0.15, 0.2) is 0 Å². The van der Waals surface area contributed by atoms with Gasteiger partial charge < -0.3 is 10.2 Å². The quantitative estimate of drug-likeness (QED) is 0.877. The van der Waals surface area contributed by atoms with Crippen LogP contribution in [0.5, 0.6) is 0 Å². The van der Waals surface area contributed by atoms with E-state index in [4.69, 9.17) is 0 Å². The Labute approximate surface area is 134 Å². The van der Waals surface area contributed by atoms with E-state index in [0.717, 1.165) is 13.1 Å². The number of rotatable bonds is 6. The highest BCUT2D eigenvalue weighted by Gasteiger charge is 2.15. The van der Waals surface area contributed by atoms with E-state index in [0.29, 0.717) is 5.92 Å². The van der Waals surface area contributed by atoms with Crippen molar-refractivity contribution in [2.45, 2.75) is 18.8 Å². The highest BCUT2D eigenvalue weighted by atomic mass is 15.2. The molecule has 1 saturated heterocycles. The highest BCUT2D eigenvalue weighted by molar-refractivity contribution is 5.32. The minimum absolute atomic E-state index is 0.519. The van der Waals surface area contributed by atoms with Gasteiger partial charge in [-0.3, -0.25) is 0 Å². The average molecular weight is 294 g/mol. The SMILES string of the molecule is c1ccc(C(CCCN2CCNCC2)c2ccccc2)cc1. The van der Waals surface area contributed by atoms with Crippen molar-refractivity contribution in [3.8, 4) is 0 Å². The van der Waals surface area contributed by atoms with Crippen LogP contribution < -0.4 is 5.32 Å². The van der Waals surface area contributed by atoms with Crippen molar-refractivity contribution in [1.82, 2.24) is 10.2 Å². The molecule has 2 aromatic carbocycles. The Kier molecular flexibility index (Phi) is 5.63. The summed E-state index contributed by atoms with van der Waals surface area (Å²) in [4.78, 5) is 2.59. The molecule has 3 rings (SSSR count). The number of piperazine rings is 1. The van der Waals surface area contributed by atoms with Crippen molar-refractivity contribution in [2.75, 3.05) is 32.7 Å². The maximum absolute atomic E-state index is 3.42. The van der Waals surface area contributed by atoms with Crippen molar-refractivity contribution >= 4 is 0 Å². The summed E-state index contributed by atoms with van der Waals surface area (Å²) in [6.07, 6.45) is 2.48. The van der Waals surface area contributed by atoms with E-state index in [-0.39, 0.29) is 0 Å². The summed E-state index contributed by atoms with van der Waals surface area (Å²) in [5.41, 5.74) is 2.88. The van der Waals surface area contributed by atoms with Crippen LogP contribution >= 0.6 is 0 Å². The number of nitrogens with one attached hydrogen (secondary N) is 1. The molecule has 0 amide bonds. The molecule has 2 nitrogen and oxygen atoms in total. The second-order valence-electron chi connectivity index (χ2n) is 6.11. The zero-order valence-corrected chi connectivity index (χ0v) is 13.2. The van der Waals surface area contributed by atoms with Gasteiger partial charge in [-0.1, -0.05) is 60.7 Å². The summed E-state index contributed by atoms with van der Waals surface area (Å²) < 4.78 is 0. The van der Waals surface area contributed by atoms with Gasteiger partial charge in [-0.15, -0.1) is 0 Å². The van der Waals surface area contributed by atoms with Crippen LogP contribution in [0.25, 0.3) is 0 Å². The van der Waals surface area contributed by atoms with Crippen molar-refractivity contribution in [3.63, 3.8) is 0 Å². The van der Waals surface area contributed by atoms with Crippen LogP contribution in [0.2, 0.25) is 0 Å². The lowest BCUT2D eigenvalue weighted by molar-refractivity contribution is 0.235. The summed E-state index contributed by atoms with van der Waals surface area (Å²) in [6.45, 7) is 5.89. The largest absolute Gasteiger partial charge is 0.314 e. The first-order valence-electron chi connectivity index (χ1n) is 8.46. The third kappa shape index (κ3) is 4.19. The summed E-state index contributed by atoms with van der Waals surface area (Å²) in [5, 5.41) is 3.42. The van der Waals surface area contributed by atoms with Crippen LogP contribution in [0.1, 0.15) is 29.9 Å². The number of hydrogen-bond donors (Lipinski definition) is 1. The smallest absolute Gasteiger partial charge is 0.0107 e. The fourth-order valence-electron chi connectivity index (χ4n) is 3.35. The number of benzene rings is 2. The molecule has 1 aliphatic heterocycles. The van der Waals surface area contributed by atoms with E-state index in [9.17, 15) is 0 Å². The maximum Gasteiger partial charge on any atom is 0.0107 e. The average Bonchev–Trinajstić information content (AvgIpc) is 2.61. The van der Waals surface area contributed by atoms with Crippen LogP contribution in [-0.2, 0) is 0 Å². The molecule has 0 aromatic heterocycles. The molecule has 0 spiro atoms. The summed E-state index contributed by atoms with van der Waals surface area (Å²) in [7, 11) is 0.